The second kappa shape index (κ2) is 4.37. The number of hydrogen-bond acceptors (Lipinski definition) is 3. The van der Waals surface area contributed by atoms with Gasteiger partial charge in [0.1, 0.15) is 11.4 Å². The lowest BCUT2D eigenvalue weighted by Crippen LogP contribution is -2.40. The second-order valence-electron chi connectivity index (χ2n) is 5.03. The van der Waals surface area contributed by atoms with E-state index < -0.39 is 5.54 Å². The predicted molar refractivity (Wildman–Crippen MR) is 71.3 cm³/mol. The van der Waals surface area contributed by atoms with Gasteiger partial charge in [-0.1, -0.05) is 19.1 Å². The van der Waals surface area contributed by atoms with Crippen molar-refractivity contribution in [3.8, 4) is 0 Å². The van der Waals surface area contributed by atoms with Gasteiger partial charge in [-0.3, -0.25) is 0 Å². The molecule has 18 heavy (non-hydrogen) atoms. The number of rotatable bonds is 3. The standard InChI is InChI=1S/C14H19N3O/c1-2-8-17-12-6-4-3-5-11(12)16-13(17)14(15)7-9-18-10-14/h3-6H,2,7-10,15H2,1H3. The lowest BCUT2D eigenvalue weighted by atomic mass is 9.99. The molecule has 1 aliphatic rings. The first kappa shape index (κ1) is 11.7. The van der Waals surface area contributed by atoms with Crippen LogP contribution in [0.3, 0.4) is 0 Å². The van der Waals surface area contributed by atoms with E-state index in [-0.39, 0.29) is 0 Å². The van der Waals surface area contributed by atoms with Crippen LogP contribution in [0.25, 0.3) is 11.0 Å². The number of imidazole rings is 1. The predicted octanol–water partition coefficient (Wildman–Crippen LogP) is 2.02. The number of nitrogens with two attached hydrogens (primary N) is 1. The molecule has 0 saturated carbocycles. The summed E-state index contributed by atoms with van der Waals surface area (Å²) in [6, 6.07) is 8.23. The van der Waals surface area contributed by atoms with Crippen LogP contribution < -0.4 is 5.73 Å². The fourth-order valence-corrected chi connectivity index (χ4v) is 2.66. The number of para-hydroxylation sites is 2. The largest absolute Gasteiger partial charge is 0.379 e. The lowest BCUT2D eigenvalue weighted by Gasteiger charge is -2.22. The highest BCUT2D eigenvalue weighted by atomic mass is 16.5. The van der Waals surface area contributed by atoms with E-state index in [9.17, 15) is 0 Å². The molecule has 3 rings (SSSR count). The van der Waals surface area contributed by atoms with Crippen molar-refractivity contribution in [2.75, 3.05) is 13.2 Å². The Balaban J connectivity index is 2.18. The summed E-state index contributed by atoms with van der Waals surface area (Å²) in [7, 11) is 0. The molecule has 0 aliphatic carbocycles. The fourth-order valence-electron chi connectivity index (χ4n) is 2.66. The van der Waals surface area contributed by atoms with Crippen LogP contribution in [0, 0.1) is 0 Å². The van der Waals surface area contributed by atoms with Crippen LogP contribution in [0.1, 0.15) is 25.6 Å². The van der Waals surface area contributed by atoms with E-state index in [1.54, 1.807) is 0 Å². The van der Waals surface area contributed by atoms with Crippen LogP contribution in [-0.4, -0.2) is 22.8 Å². The van der Waals surface area contributed by atoms with Crippen LogP contribution in [0.4, 0.5) is 0 Å². The van der Waals surface area contributed by atoms with Gasteiger partial charge in [0.15, 0.2) is 0 Å². The Morgan fingerprint density at radius 2 is 2.28 bits per heavy atom. The molecule has 1 fully saturated rings. The Labute approximate surface area is 107 Å². The van der Waals surface area contributed by atoms with Crippen LogP contribution >= 0.6 is 0 Å². The first-order valence-electron chi connectivity index (χ1n) is 6.57. The molecule has 2 heterocycles. The Hall–Kier alpha value is -1.39. The topological polar surface area (TPSA) is 53.1 Å². The Bertz CT molecular complexity index is 555. The minimum absolute atomic E-state index is 0.422. The van der Waals surface area contributed by atoms with E-state index in [4.69, 9.17) is 15.5 Å². The second-order valence-corrected chi connectivity index (χ2v) is 5.03. The molecule has 4 nitrogen and oxygen atoms in total. The Kier molecular flexibility index (Phi) is 2.84. The van der Waals surface area contributed by atoms with Crippen molar-refractivity contribution in [2.45, 2.75) is 31.8 Å². The highest BCUT2D eigenvalue weighted by molar-refractivity contribution is 5.76. The van der Waals surface area contributed by atoms with Gasteiger partial charge in [0.2, 0.25) is 0 Å². The first-order chi connectivity index (χ1) is 8.74. The summed E-state index contributed by atoms with van der Waals surface area (Å²) in [5.74, 6) is 0.975. The van der Waals surface area contributed by atoms with E-state index in [0.717, 1.165) is 37.3 Å². The van der Waals surface area contributed by atoms with Crippen LogP contribution in [0.2, 0.25) is 0 Å². The number of benzene rings is 1. The van der Waals surface area contributed by atoms with Gasteiger partial charge in [-0.25, -0.2) is 4.98 Å². The van der Waals surface area contributed by atoms with Gasteiger partial charge >= 0.3 is 0 Å². The maximum absolute atomic E-state index is 6.47. The van der Waals surface area contributed by atoms with Gasteiger partial charge in [0.25, 0.3) is 0 Å². The Morgan fingerprint density at radius 1 is 1.44 bits per heavy atom. The highest BCUT2D eigenvalue weighted by Gasteiger charge is 2.37. The van der Waals surface area contributed by atoms with Gasteiger partial charge in [-0.05, 0) is 25.0 Å². The fraction of sp³-hybridized carbons (Fsp3) is 0.500. The van der Waals surface area contributed by atoms with Crippen molar-refractivity contribution in [1.29, 1.82) is 0 Å². The third-order valence-corrected chi connectivity index (χ3v) is 3.60. The van der Waals surface area contributed by atoms with Crippen molar-refractivity contribution in [2.24, 2.45) is 5.73 Å². The molecule has 0 bridgehead atoms. The summed E-state index contributed by atoms with van der Waals surface area (Å²) < 4.78 is 7.72. The molecule has 96 valence electrons. The van der Waals surface area contributed by atoms with Gasteiger partial charge in [0.05, 0.1) is 17.6 Å². The molecule has 1 saturated heterocycles. The smallest absolute Gasteiger partial charge is 0.132 e. The van der Waals surface area contributed by atoms with E-state index in [1.165, 1.54) is 5.52 Å². The number of aromatic nitrogens is 2. The molecule has 1 aromatic heterocycles. The molecule has 0 spiro atoms. The first-order valence-corrected chi connectivity index (χ1v) is 6.57. The molecule has 2 aromatic rings. The normalized spacial score (nSPS) is 23.9. The molecule has 1 aromatic carbocycles. The molecule has 1 unspecified atom stereocenters. The molecular formula is C14H19N3O. The number of fused-ring (bicyclic) bond motifs is 1. The zero-order valence-corrected chi connectivity index (χ0v) is 10.7. The molecular weight excluding hydrogens is 226 g/mol. The van der Waals surface area contributed by atoms with E-state index >= 15 is 0 Å². The lowest BCUT2D eigenvalue weighted by molar-refractivity contribution is 0.175. The minimum Gasteiger partial charge on any atom is -0.379 e. The van der Waals surface area contributed by atoms with Crippen molar-refractivity contribution in [1.82, 2.24) is 9.55 Å². The van der Waals surface area contributed by atoms with Gasteiger partial charge < -0.3 is 15.0 Å². The van der Waals surface area contributed by atoms with E-state index in [0.29, 0.717) is 6.61 Å². The van der Waals surface area contributed by atoms with Crippen molar-refractivity contribution in [3.05, 3.63) is 30.1 Å². The summed E-state index contributed by atoms with van der Waals surface area (Å²) in [4.78, 5) is 4.74. The summed E-state index contributed by atoms with van der Waals surface area (Å²) >= 11 is 0. The van der Waals surface area contributed by atoms with Gasteiger partial charge in [-0.15, -0.1) is 0 Å². The maximum atomic E-state index is 6.47. The monoisotopic (exact) mass is 245 g/mol. The number of aryl methyl sites for hydroxylation is 1. The SMILES string of the molecule is CCCn1c(C2(N)CCOC2)nc2ccccc21. The summed E-state index contributed by atoms with van der Waals surface area (Å²) in [6.07, 6.45) is 1.92. The van der Waals surface area contributed by atoms with Gasteiger partial charge in [-0.2, -0.15) is 0 Å². The minimum atomic E-state index is -0.422. The summed E-state index contributed by atoms with van der Waals surface area (Å²) in [5.41, 5.74) is 8.24. The van der Waals surface area contributed by atoms with Crippen LogP contribution in [0.15, 0.2) is 24.3 Å². The zero-order chi connectivity index (χ0) is 12.6. The Morgan fingerprint density at radius 3 is 3.00 bits per heavy atom. The third kappa shape index (κ3) is 1.72. The number of nitrogens with zero attached hydrogens (tertiary/aromatic N) is 2. The average Bonchev–Trinajstić information content (AvgIpc) is 2.96. The van der Waals surface area contributed by atoms with Crippen molar-refractivity contribution >= 4 is 11.0 Å². The molecule has 2 N–H and O–H groups in total. The number of hydrogen-bond donors (Lipinski definition) is 1. The van der Waals surface area contributed by atoms with Crippen molar-refractivity contribution < 1.29 is 4.74 Å². The molecule has 0 radical (unpaired) electrons. The van der Waals surface area contributed by atoms with Crippen LogP contribution in [-0.2, 0) is 16.8 Å². The van der Waals surface area contributed by atoms with E-state index in [1.807, 2.05) is 18.2 Å². The van der Waals surface area contributed by atoms with E-state index in [2.05, 4.69) is 17.6 Å². The molecule has 1 atom stereocenters. The quantitative estimate of drug-likeness (QED) is 0.900. The summed E-state index contributed by atoms with van der Waals surface area (Å²) in [6.45, 7) is 4.42. The molecule has 4 heteroatoms. The summed E-state index contributed by atoms with van der Waals surface area (Å²) in [5, 5.41) is 0. The average molecular weight is 245 g/mol. The zero-order valence-electron chi connectivity index (χ0n) is 10.7. The van der Waals surface area contributed by atoms with Crippen LogP contribution in [0.5, 0.6) is 0 Å². The number of ether oxygens (including phenoxy) is 1. The van der Waals surface area contributed by atoms with Gasteiger partial charge in [0, 0.05) is 13.2 Å². The maximum Gasteiger partial charge on any atom is 0.132 e. The molecule has 0 amide bonds. The third-order valence-electron chi connectivity index (χ3n) is 3.60. The molecule has 1 aliphatic heterocycles. The van der Waals surface area contributed by atoms with Crippen molar-refractivity contribution in [3.63, 3.8) is 0 Å². The highest BCUT2D eigenvalue weighted by Crippen LogP contribution is 2.30.